The average molecular weight is 430 g/mol. The maximum absolute atomic E-state index is 12.8. The Kier molecular flexibility index (Phi) is 9.66. The van der Waals surface area contributed by atoms with Crippen molar-refractivity contribution in [2.24, 2.45) is 11.7 Å². The number of carboxylic acid groups (broad SMARTS) is 2. The maximum Gasteiger partial charge on any atom is 0.326 e. The van der Waals surface area contributed by atoms with Crippen molar-refractivity contribution < 1.29 is 39.3 Å². The summed E-state index contributed by atoms with van der Waals surface area (Å²) in [6.45, 7) is 2.89. The van der Waals surface area contributed by atoms with Crippen LogP contribution in [0.25, 0.3) is 0 Å². The van der Waals surface area contributed by atoms with E-state index in [9.17, 15) is 34.2 Å². The second-order valence-corrected chi connectivity index (χ2v) is 7.35. The number of nitrogens with one attached hydrogen (secondary N) is 2. The summed E-state index contributed by atoms with van der Waals surface area (Å²) in [5.74, 6) is -5.08. The van der Waals surface area contributed by atoms with Gasteiger partial charge in [-0.3, -0.25) is 19.2 Å². The molecule has 0 aliphatic carbocycles. The number of carbonyl (C=O) groups is 5. The van der Waals surface area contributed by atoms with Gasteiger partial charge in [0, 0.05) is 6.54 Å². The van der Waals surface area contributed by atoms with Gasteiger partial charge in [-0.05, 0) is 18.8 Å². The summed E-state index contributed by atoms with van der Waals surface area (Å²) in [5.41, 5.74) is 5.46. The molecule has 1 saturated heterocycles. The summed E-state index contributed by atoms with van der Waals surface area (Å²) >= 11 is 0. The Bertz CT molecular complexity index is 671. The summed E-state index contributed by atoms with van der Waals surface area (Å²) in [7, 11) is 0. The van der Waals surface area contributed by atoms with Crippen LogP contribution in [0.15, 0.2) is 0 Å². The molecule has 1 heterocycles. The molecule has 12 heteroatoms. The Hall–Kier alpha value is -2.73. The number of amides is 3. The lowest BCUT2D eigenvalue weighted by Crippen LogP contribution is -2.58. The van der Waals surface area contributed by atoms with Gasteiger partial charge >= 0.3 is 11.9 Å². The predicted molar refractivity (Wildman–Crippen MR) is 103 cm³/mol. The molecule has 0 radical (unpaired) electrons. The van der Waals surface area contributed by atoms with Crippen molar-refractivity contribution in [1.29, 1.82) is 0 Å². The molecule has 0 bridgehead atoms. The van der Waals surface area contributed by atoms with Crippen LogP contribution in [0.3, 0.4) is 0 Å². The maximum atomic E-state index is 12.8. The minimum atomic E-state index is -1.41. The molecule has 12 nitrogen and oxygen atoms in total. The lowest BCUT2D eigenvalue weighted by Gasteiger charge is -2.30. The minimum absolute atomic E-state index is 0.186. The number of aliphatic hydroxyl groups is 1. The molecule has 1 aliphatic heterocycles. The number of hydrogen-bond donors (Lipinski definition) is 6. The van der Waals surface area contributed by atoms with E-state index in [1.54, 1.807) is 13.8 Å². The largest absolute Gasteiger partial charge is 0.481 e. The van der Waals surface area contributed by atoms with Crippen LogP contribution in [-0.4, -0.2) is 87.2 Å². The van der Waals surface area contributed by atoms with Gasteiger partial charge in [0.05, 0.1) is 19.1 Å². The van der Waals surface area contributed by atoms with Crippen molar-refractivity contribution in [2.75, 3.05) is 13.2 Å². The number of carbonyl (C=O) groups excluding carboxylic acids is 3. The molecule has 0 aromatic heterocycles. The van der Waals surface area contributed by atoms with E-state index in [4.69, 9.17) is 10.8 Å². The number of nitrogens with zero attached hydrogens (tertiary/aromatic N) is 1. The molecule has 7 N–H and O–H groups in total. The molecule has 1 rings (SSSR count). The smallest absolute Gasteiger partial charge is 0.326 e. The van der Waals surface area contributed by atoms with Crippen LogP contribution in [0.5, 0.6) is 0 Å². The summed E-state index contributed by atoms with van der Waals surface area (Å²) in [6.07, 6.45) is 0.656. The fraction of sp³-hybridized carbons (Fsp3) is 0.722. The third-order valence-electron chi connectivity index (χ3n) is 5.14. The Morgan fingerprint density at radius 3 is 2.30 bits per heavy atom. The summed E-state index contributed by atoms with van der Waals surface area (Å²) in [6, 6.07) is -4.87. The van der Waals surface area contributed by atoms with Crippen LogP contribution in [0.2, 0.25) is 0 Å². The molecular weight excluding hydrogens is 400 g/mol. The molecule has 1 fully saturated rings. The second kappa shape index (κ2) is 11.5. The van der Waals surface area contributed by atoms with Gasteiger partial charge in [-0.2, -0.15) is 0 Å². The van der Waals surface area contributed by atoms with Gasteiger partial charge < -0.3 is 36.6 Å². The fourth-order valence-electron chi connectivity index (χ4n) is 3.18. The lowest BCUT2D eigenvalue weighted by atomic mass is 9.98. The number of aliphatic hydroxyl groups excluding tert-OH is 1. The van der Waals surface area contributed by atoms with Crippen LogP contribution in [0, 0.1) is 5.92 Å². The van der Waals surface area contributed by atoms with E-state index in [1.807, 2.05) is 0 Å². The molecular formula is C18H30N4O8. The van der Waals surface area contributed by atoms with Crippen molar-refractivity contribution in [3.05, 3.63) is 0 Å². The summed E-state index contributed by atoms with van der Waals surface area (Å²) in [4.78, 5) is 60.7. The van der Waals surface area contributed by atoms with E-state index in [0.717, 1.165) is 0 Å². The highest BCUT2D eigenvalue weighted by Gasteiger charge is 2.39. The van der Waals surface area contributed by atoms with E-state index in [0.29, 0.717) is 19.3 Å². The normalized spacial score (nSPS) is 20.0. The minimum Gasteiger partial charge on any atom is -0.481 e. The number of aliphatic carboxylic acids is 2. The first kappa shape index (κ1) is 25.3. The van der Waals surface area contributed by atoms with Crippen LogP contribution in [0.4, 0.5) is 0 Å². The Morgan fingerprint density at radius 1 is 1.17 bits per heavy atom. The van der Waals surface area contributed by atoms with E-state index in [2.05, 4.69) is 10.6 Å². The lowest BCUT2D eigenvalue weighted by molar-refractivity contribution is -0.146. The molecule has 30 heavy (non-hydrogen) atoms. The molecule has 3 amide bonds. The highest BCUT2D eigenvalue weighted by molar-refractivity contribution is 5.95. The Balaban J connectivity index is 2.86. The third kappa shape index (κ3) is 6.66. The van der Waals surface area contributed by atoms with Gasteiger partial charge in [0.2, 0.25) is 17.7 Å². The number of likely N-dealkylation sites (tertiary alicyclic amines) is 1. The number of hydrogen-bond acceptors (Lipinski definition) is 7. The van der Waals surface area contributed by atoms with Gasteiger partial charge in [-0.1, -0.05) is 20.3 Å². The SMILES string of the molecule is CCC(C)C(NC(=O)C1CCCN1C(=O)C(CO)NC(=O)C(N)CC(=O)O)C(=O)O. The fourth-order valence-corrected chi connectivity index (χ4v) is 3.18. The van der Waals surface area contributed by atoms with Gasteiger partial charge in [0.25, 0.3) is 0 Å². The van der Waals surface area contributed by atoms with Crippen molar-refractivity contribution in [1.82, 2.24) is 15.5 Å². The number of rotatable bonds is 11. The van der Waals surface area contributed by atoms with Crippen molar-refractivity contribution in [3.63, 3.8) is 0 Å². The van der Waals surface area contributed by atoms with E-state index in [-0.39, 0.29) is 12.5 Å². The molecule has 1 aliphatic rings. The van der Waals surface area contributed by atoms with Crippen LogP contribution in [-0.2, 0) is 24.0 Å². The highest BCUT2D eigenvalue weighted by Crippen LogP contribution is 2.20. The highest BCUT2D eigenvalue weighted by atomic mass is 16.4. The van der Waals surface area contributed by atoms with Gasteiger partial charge in [0.1, 0.15) is 18.1 Å². The molecule has 0 spiro atoms. The molecule has 5 atom stereocenters. The number of nitrogens with two attached hydrogens (primary N) is 1. The third-order valence-corrected chi connectivity index (χ3v) is 5.14. The average Bonchev–Trinajstić information content (AvgIpc) is 3.17. The molecule has 5 unspecified atom stereocenters. The summed E-state index contributed by atoms with van der Waals surface area (Å²) < 4.78 is 0. The van der Waals surface area contributed by atoms with Crippen molar-refractivity contribution in [3.8, 4) is 0 Å². The van der Waals surface area contributed by atoms with Crippen LogP contribution in [0.1, 0.15) is 39.5 Å². The van der Waals surface area contributed by atoms with Crippen molar-refractivity contribution >= 4 is 29.7 Å². The first-order valence-corrected chi connectivity index (χ1v) is 9.75. The van der Waals surface area contributed by atoms with Gasteiger partial charge in [-0.25, -0.2) is 4.79 Å². The van der Waals surface area contributed by atoms with E-state index in [1.165, 1.54) is 4.90 Å². The molecule has 0 aromatic rings. The van der Waals surface area contributed by atoms with Gasteiger partial charge in [-0.15, -0.1) is 0 Å². The second-order valence-electron chi connectivity index (χ2n) is 7.35. The topological polar surface area (TPSA) is 199 Å². The zero-order valence-corrected chi connectivity index (χ0v) is 17.0. The van der Waals surface area contributed by atoms with E-state index < -0.39 is 66.9 Å². The first-order valence-electron chi connectivity index (χ1n) is 9.75. The molecule has 0 saturated carbocycles. The molecule has 170 valence electrons. The monoisotopic (exact) mass is 430 g/mol. The molecule has 0 aromatic carbocycles. The van der Waals surface area contributed by atoms with E-state index >= 15 is 0 Å². The van der Waals surface area contributed by atoms with Crippen LogP contribution >= 0.6 is 0 Å². The predicted octanol–water partition coefficient (Wildman–Crippen LogP) is -2.13. The van der Waals surface area contributed by atoms with Crippen LogP contribution < -0.4 is 16.4 Å². The zero-order chi connectivity index (χ0) is 23.0. The first-order chi connectivity index (χ1) is 14.0. The quantitative estimate of drug-likeness (QED) is 0.212. The summed E-state index contributed by atoms with van der Waals surface area (Å²) in [5, 5.41) is 32.2. The number of carboxylic acids is 2. The zero-order valence-electron chi connectivity index (χ0n) is 17.0. The Morgan fingerprint density at radius 2 is 1.80 bits per heavy atom. The van der Waals surface area contributed by atoms with Gasteiger partial charge in [0.15, 0.2) is 0 Å². The standard InChI is InChI=1S/C18H30N4O8/c1-3-9(2)14(18(29)30)21-16(27)12-5-4-6-22(12)17(28)11(8-23)20-15(26)10(19)7-13(24)25/h9-12,14,23H,3-8,19H2,1-2H3,(H,20,26)(H,21,27)(H,24,25)(H,29,30). The Labute approximate surface area is 173 Å². The van der Waals surface area contributed by atoms with Crippen molar-refractivity contribution in [2.45, 2.75) is 63.7 Å².